The van der Waals surface area contributed by atoms with Gasteiger partial charge in [0.1, 0.15) is 10.7 Å². The number of aliphatic hydroxyl groups excluding tert-OH is 1. The molecule has 2 heterocycles. The first-order valence-corrected chi connectivity index (χ1v) is 15.7. The van der Waals surface area contributed by atoms with Crippen LogP contribution in [0.5, 0.6) is 0 Å². The van der Waals surface area contributed by atoms with Crippen LogP contribution in [0.25, 0.3) is 0 Å². The second-order valence-electron chi connectivity index (χ2n) is 8.99. The number of thioether (sulfide) groups is 1. The number of halogens is 1. The second kappa shape index (κ2) is 13.3. The summed E-state index contributed by atoms with van der Waals surface area (Å²) in [6, 6.07) is 14.4. The number of thiazole rings is 1. The zero-order chi connectivity index (χ0) is 27.8. The first-order chi connectivity index (χ1) is 18.7. The maximum absolute atomic E-state index is 13.1. The monoisotopic (exact) mass is 589 g/mol. The number of carbonyl (C=O) groups excluding carboxylic acids is 2. The van der Waals surface area contributed by atoms with Gasteiger partial charge in [-0.05, 0) is 29.7 Å². The fourth-order valence-electron chi connectivity index (χ4n) is 4.12. The Kier molecular flexibility index (Phi) is 9.89. The molecule has 2 amide bonds. The third kappa shape index (κ3) is 8.72. The van der Waals surface area contributed by atoms with Crippen molar-refractivity contribution in [3.8, 4) is 0 Å². The quantitative estimate of drug-likeness (QED) is 0.244. The number of carbonyl (C=O) groups is 2. The third-order valence-corrected chi connectivity index (χ3v) is 9.34. The van der Waals surface area contributed by atoms with Crippen molar-refractivity contribution in [1.29, 1.82) is 0 Å². The normalized spacial score (nSPS) is 16.6. The molecule has 0 saturated carbocycles. The summed E-state index contributed by atoms with van der Waals surface area (Å²) < 4.78 is 40.4. The standard InChI is InChI=1S/C27H28FN3O5S3/c28-21-8-6-19(7-9-21)16-23(32)12-10-22-11-13-25(33)31(22)14-15-37-27-29-17-24(38-27)26(34)30-39(35,36)18-20-4-2-1-3-5-20/h1-10,12,17,22-23,32H,11,13-16,18H2,(H,30,34)/b12-10+/t22-,23+/m0/s1. The molecule has 0 aliphatic carbocycles. The molecule has 2 atom stereocenters. The molecular formula is C27H28FN3O5S3. The van der Waals surface area contributed by atoms with Crippen molar-refractivity contribution >= 4 is 44.9 Å². The summed E-state index contributed by atoms with van der Waals surface area (Å²) >= 11 is 2.47. The van der Waals surface area contributed by atoms with E-state index in [1.165, 1.54) is 30.1 Å². The van der Waals surface area contributed by atoms with Crippen LogP contribution in [0.2, 0.25) is 0 Å². The lowest BCUT2D eigenvalue weighted by atomic mass is 10.1. The maximum Gasteiger partial charge on any atom is 0.276 e. The summed E-state index contributed by atoms with van der Waals surface area (Å²) in [4.78, 5) is 31.0. The highest BCUT2D eigenvalue weighted by Gasteiger charge is 2.29. The molecule has 8 nitrogen and oxygen atoms in total. The zero-order valence-corrected chi connectivity index (χ0v) is 23.4. The molecule has 12 heteroatoms. The average Bonchev–Trinajstić information content (AvgIpc) is 3.51. The van der Waals surface area contributed by atoms with Crippen LogP contribution in [0.4, 0.5) is 4.39 Å². The van der Waals surface area contributed by atoms with E-state index in [2.05, 4.69) is 9.71 Å². The number of nitrogens with zero attached hydrogens (tertiary/aromatic N) is 2. The average molecular weight is 590 g/mol. The van der Waals surface area contributed by atoms with Crippen molar-refractivity contribution in [3.05, 3.63) is 94.8 Å². The summed E-state index contributed by atoms with van der Waals surface area (Å²) in [5, 5.41) is 10.3. The Morgan fingerprint density at radius 2 is 1.95 bits per heavy atom. The fraction of sp³-hybridized carbons (Fsp3) is 0.296. The van der Waals surface area contributed by atoms with E-state index < -0.39 is 22.0 Å². The number of hydrogen-bond donors (Lipinski definition) is 2. The van der Waals surface area contributed by atoms with E-state index in [0.29, 0.717) is 41.5 Å². The highest BCUT2D eigenvalue weighted by atomic mass is 32.2. The van der Waals surface area contributed by atoms with Gasteiger partial charge in [-0.3, -0.25) is 9.59 Å². The molecule has 1 aromatic heterocycles. The van der Waals surface area contributed by atoms with Gasteiger partial charge in [0.2, 0.25) is 15.9 Å². The van der Waals surface area contributed by atoms with Crippen molar-refractivity contribution in [3.63, 3.8) is 0 Å². The van der Waals surface area contributed by atoms with Crippen LogP contribution in [0.15, 0.2) is 77.3 Å². The van der Waals surface area contributed by atoms with E-state index >= 15 is 0 Å². The van der Waals surface area contributed by atoms with E-state index in [4.69, 9.17) is 0 Å². The fourth-order valence-corrected chi connectivity index (χ4v) is 7.16. The molecule has 3 aromatic rings. The van der Waals surface area contributed by atoms with E-state index in [1.807, 2.05) is 6.08 Å². The van der Waals surface area contributed by atoms with Crippen LogP contribution in [-0.2, 0) is 27.0 Å². The Labute approximate surface area is 235 Å². The van der Waals surface area contributed by atoms with Crippen molar-refractivity contribution < 1.29 is 27.5 Å². The summed E-state index contributed by atoms with van der Waals surface area (Å²) in [5.41, 5.74) is 1.39. The molecular weight excluding hydrogens is 562 g/mol. The minimum Gasteiger partial charge on any atom is -0.389 e. The van der Waals surface area contributed by atoms with Crippen LogP contribution < -0.4 is 4.72 Å². The van der Waals surface area contributed by atoms with Gasteiger partial charge in [0.05, 0.1) is 24.1 Å². The summed E-state index contributed by atoms with van der Waals surface area (Å²) in [5.74, 6) is -0.793. The molecule has 1 aliphatic heterocycles. The Morgan fingerprint density at radius 3 is 2.69 bits per heavy atom. The number of likely N-dealkylation sites (tertiary alicyclic amines) is 1. The molecule has 1 aliphatic rings. The lowest BCUT2D eigenvalue weighted by Gasteiger charge is -2.22. The lowest BCUT2D eigenvalue weighted by Crippen LogP contribution is -2.33. The van der Waals surface area contributed by atoms with E-state index in [-0.39, 0.29) is 28.4 Å². The highest BCUT2D eigenvalue weighted by molar-refractivity contribution is 8.01. The molecule has 0 unspecified atom stereocenters. The van der Waals surface area contributed by atoms with Crippen LogP contribution in [-0.4, -0.2) is 59.7 Å². The number of nitrogens with one attached hydrogen (secondary N) is 1. The van der Waals surface area contributed by atoms with Crippen molar-refractivity contribution in [1.82, 2.24) is 14.6 Å². The number of aliphatic hydroxyl groups is 1. The van der Waals surface area contributed by atoms with Gasteiger partial charge >= 0.3 is 0 Å². The minimum absolute atomic E-state index is 0.0288. The predicted molar refractivity (Wildman–Crippen MR) is 149 cm³/mol. The number of rotatable bonds is 12. The third-order valence-electron chi connectivity index (χ3n) is 6.00. The summed E-state index contributed by atoms with van der Waals surface area (Å²) in [6.45, 7) is 0.457. The number of benzene rings is 2. The van der Waals surface area contributed by atoms with E-state index in [0.717, 1.165) is 16.9 Å². The predicted octanol–water partition coefficient (Wildman–Crippen LogP) is 3.78. The largest absolute Gasteiger partial charge is 0.389 e. The van der Waals surface area contributed by atoms with E-state index in [1.54, 1.807) is 53.4 Å². The second-order valence-corrected chi connectivity index (χ2v) is 13.1. The topological polar surface area (TPSA) is 117 Å². The summed E-state index contributed by atoms with van der Waals surface area (Å²) in [7, 11) is -3.86. The number of amides is 2. The molecule has 0 radical (unpaired) electrons. The van der Waals surface area contributed by atoms with Crippen LogP contribution in [0.3, 0.4) is 0 Å². The van der Waals surface area contributed by atoms with Gasteiger partial charge in [-0.1, -0.05) is 66.4 Å². The van der Waals surface area contributed by atoms with Gasteiger partial charge in [-0.15, -0.1) is 11.3 Å². The Morgan fingerprint density at radius 1 is 1.21 bits per heavy atom. The van der Waals surface area contributed by atoms with Crippen molar-refractivity contribution in [2.24, 2.45) is 0 Å². The van der Waals surface area contributed by atoms with Gasteiger partial charge in [-0.25, -0.2) is 22.5 Å². The van der Waals surface area contributed by atoms with Crippen LogP contribution >= 0.6 is 23.1 Å². The maximum atomic E-state index is 13.1. The smallest absolute Gasteiger partial charge is 0.276 e. The highest BCUT2D eigenvalue weighted by Crippen LogP contribution is 2.26. The molecule has 2 aromatic carbocycles. The van der Waals surface area contributed by atoms with Crippen LogP contribution in [0.1, 0.15) is 33.6 Å². The molecule has 4 rings (SSSR count). The molecule has 206 valence electrons. The number of hydrogen-bond acceptors (Lipinski definition) is 8. The first kappa shape index (κ1) is 28.9. The Bertz CT molecular complexity index is 1410. The minimum atomic E-state index is -3.86. The molecule has 39 heavy (non-hydrogen) atoms. The van der Waals surface area contributed by atoms with Gasteiger partial charge in [0, 0.05) is 25.1 Å². The van der Waals surface area contributed by atoms with Crippen molar-refractivity contribution in [2.75, 3.05) is 12.3 Å². The molecule has 0 bridgehead atoms. The van der Waals surface area contributed by atoms with Crippen LogP contribution in [0, 0.1) is 5.82 Å². The Balaban J connectivity index is 1.25. The number of sulfonamides is 1. The number of aromatic nitrogens is 1. The van der Waals surface area contributed by atoms with Crippen molar-refractivity contribution in [2.45, 2.75) is 41.5 Å². The molecule has 2 N–H and O–H groups in total. The zero-order valence-electron chi connectivity index (χ0n) is 20.9. The van der Waals surface area contributed by atoms with Gasteiger partial charge in [0.15, 0.2) is 4.34 Å². The molecule has 1 saturated heterocycles. The Hall–Kier alpha value is -3.06. The van der Waals surface area contributed by atoms with Gasteiger partial charge in [-0.2, -0.15) is 0 Å². The SMILES string of the molecule is O=C(NS(=O)(=O)Cc1ccccc1)c1cnc(SCCN2C(=O)CC[C@@H]2/C=C/[C@@H](O)Cc2ccc(F)cc2)s1. The molecule has 1 fully saturated rings. The van der Waals surface area contributed by atoms with Gasteiger partial charge in [0.25, 0.3) is 5.91 Å². The molecule has 0 spiro atoms. The lowest BCUT2D eigenvalue weighted by molar-refractivity contribution is -0.128. The summed E-state index contributed by atoms with van der Waals surface area (Å²) in [6.07, 6.45) is 5.53. The van der Waals surface area contributed by atoms with Gasteiger partial charge < -0.3 is 10.0 Å². The van der Waals surface area contributed by atoms with E-state index in [9.17, 15) is 27.5 Å². The first-order valence-electron chi connectivity index (χ1n) is 12.3.